The number of carbonyl (C=O) groups is 1. The highest BCUT2D eigenvalue weighted by Gasteiger charge is 2.06. The molecule has 0 radical (unpaired) electrons. The summed E-state index contributed by atoms with van der Waals surface area (Å²) in [4.78, 5) is 12.2. The monoisotopic (exact) mass is 395 g/mol. The first-order valence-electron chi connectivity index (χ1n) is 6.99. The Morgan fingerprint density at radius 2 is 2.00 bits per heavy atom. The van der Waals surface area contributed by atoms with E-state index in [1.54, 1.807) is 6.07 Å². The molecule has 0 saturated heterocycles. The Bertz CT molecular complexity index is 613. The van der Waals surface area contributed by atoms with Crippen molar-refractivity contribution in [2.24, 2.45) is 0 Å². The van der Waals surface area contributed by atoms with Crippen molar-refractivity contribution in [3.8, 4) is 5.75 Å². The normalized spacial score (nSPS) is 10.2. The van der Waals surface area contributed by atoms with Gasteiger partial charge in [0.2, 0.25) is 0 Å². The fourth-order valence-corrected chi connectivity index (χ4v) is 2.37. The highest BCUT2D eigenvalue weighted by molar-refractivity contribution is 14.1. The Morgan fingerprint density at radius 3 is 2.76 bits per heavy atom. The third-order valence-corrected chi connectivity index (χ3v) is 3.62. The van der Waals surface area contributed by atoms with Gasteiger partial charge in [-0.2, -0.15) is 0 Å². The van der Waals surface area contributed by atoms with E-state index in [0.29, 0.717) is 12.2 Å². The Hall–Kier alpha value is -1.56. The Balaban J connectivity index is 2.02. The zero-order valence-electron chi connectivity index (χ0n) is 11.9. The molecule has 3 nitrogen and oxygen atoms in total. The van der Waals surface area contributed by atoms with Gasteiger partial charge >= 0.3 is 0 Å². The molecule has 0 bridgehead atoms. The quantitative estimate of drug-likeness (QED) is 0.568. The smallest absolute Gasteiger partial charge is 0.255 e. The van der Waals surface area contributed by atoms with Crippen molar-refractivity contribution < 1.29 is 9.53 Å². The van der Waals surface area contributed by atoms with Crippen molar-refractivity contribution in [3.05, 3.63) is 57.7 Å². The third kappa shape index (κ3) is 5.04. The summed E-state index contributed by atoms with van der Waals surface area (Å²) in [5.41, 5.74) is 1.40. The first-order valence-corrected chi connectivity index (χ1v) is 8.06. The lowest BCUT2D eigenvalue weighted by molar-refractivity contribution is 0.102. The first kappa shape index (κ1) is 15.8. The lowest BCUT2D eigenvalue weighted by Crippen LogP contribution is -2.12. The number of benzene rings is 2. The van der Waals surface area contributed by atoms with E-state index < -0.39 is 0 Å². The second kappa shape index (κ2) is 8.02. The van der Waals surface area contributed by atoms with Gasteiger partial charge in [-0.25, -0.2) is 0 Å². The molecule has 0 aromatic heterocycles. The van der Waals surface area contributed by atoms with Crippen LogP contribution >= 0.6 is 22.6 Å². The van der Waals surface area contributed by atoms with Crippen LogP contribution in [0, 0.1) is 3.57 Å². The highest BCUT2D eigenvalue weighted by Crippen LogP contribution is 2.19. The van der Waals surface area contributed by atoms with Crippen LogP contribution in [0.3, 0.4) is 0 Å². The maximum Gasteiger partial charge on any atom is 0.255 e. The van der Waals surface area contributed by atoms with E-state index >= 15 is 0 Å². The maximum atomic E-state index is 12.2. The van der Waals surface area contributed by atoms with Crippen LogP contribution < -0.4 is 10.1 Å². The van der Waals surface area contributed by atoms with E-state index in [2.05, 4.69) is 34.8 Å². The average molecular weight is 395 g/mol. The number of carbonyl (C=O) groups excluding carboxylic acids is 1. The molecule has 0 aliphatic carbocycles. The Labute approximate surface area is 138 Å². The molecule has 0 aliphatic rings. The van der Waals surface area contributed by atoms with Gasteiger partial charge in [0, 0.05) is 20.9 Å². The van der Waals surface area contributed by atoms with Crippen molar-refractivity contribution in [2.45, 2.75) is 19.8 Å². The van der Waals surface area contributed by atoms with Crippen LogP contribution in [0.25, 0.3) is 0 Å². The van der Waals surface area contributed by atoms with Crippen molar-refractivity contribution in [3.63, 3.8) is 0 Å². The van der Waals surface area contributed by atoms with Crippen LogP contribution in [0.2, 0.25) is 0 Å². The Kier molecular flexibility index (Phi) is 6.04. The summed E-state index contributed by atoms with van der Waals surface area (Å²) < 4.78 is 6.68. The van der Waals surface area contributed by atoms with Crippen LogP contribution in [0.15, 0.2) is 48.5 Å². The van der Waals surface area contributed by atoms with Crippen LogP contribution in [0.1, 0.15) is 30.1 Å². The number of hydrogen-bond donors (Lipinski definition) is 1. The highest BCUT2D eigenvalue weighted by atomic mass is 127. The van der Waals surface area contributed by atoms with E-state index in [0.717, 1.165) is 27.8 Å². The predicted octanol–water partition coefficient (Wildman–Crippen LogP) is 4.72. The number of hydrogen-bond acceptors (Lipinski definition) is 2. The molecule has 2 aromatic rings. The number of nitrogens with one attached hydrogen (secondary N) is 1. The van der Waals surface area contributed by atoms with Gasteiger partial charge in [-0.15, -0.1) is 0 Å². The molecule has 0 aliphatic heterocycles. The number of unbranched alkanes of at least 4 members (excludes halogenated alkanes) is 1. The minimum Gasteiger partial charge on any atom is -0.494 e. The van der Waals surface area contributed by atoms with Gasteiger partial charge in [-0.3, -0.25) is 4.79 Å². The van der Waals surface area contributed by atoms with E-state index in [1.165, 1.54) is 0 Å². The molecule has 0 fully saturated rings. The SMILES string of the molecule is CCCCOc1cccc(NC(=O)c2cccc(I)c2)c1. The van der Waals surface area contributed by atoms with Gasteiger partial charge < -0.3 is 10.1 Å². The molecule has 0 unspecified atom stereocenters. The second-order valence-electron chi connectivity index (χ2n) is 4.69. The molecule has 1 N–H and O–H groups in total. The van der Waals surface area contributed by atoms with Gasteiger partial charge in [0.1, 0.15) is 5.75 Å². The Morgan fingerprint density at radius 1 is 1.19 bits per heavy atom. The second-order valence-corrected chi connectivity index (χ2v) is 5.94. The van der Waals surface area contributed by atoms with Gasteiger partial charge in [0.15, 0.2) is 0 Å². The molecule has 1 amide bonds. The molecule has 2 rings (SSSR count). The van der Waals surface area contributed by atoms with Gasteiger partial charge in [-0.1, -0.05) is 25.5 Å². The molecule has 4 heteroatoms. The standard InChI is InChI=1S/C17H18INO2/c1-2-3-10-21-16-9-5-8-15(12-16)19-17(20)13-6-4-7-14(18)11-13/h4-9,11-12H,2-3,10H2,1H3,(H,19,20). The molecule has 0 saturated carbocycles. The first-order chi connectivity index (χ1) is 10.2. The summed E-state index contributed by atoms with van der Waals surface area (Å²) in [5.74, 6) is 0.670. The summed E-state index contributed by atoms with van der Waals surface area (Å²) in [7, 11) is 0. The summed E-state index contributed by atoms with van der Waals surface area (Å²) >= 11 is 2.19. The zero-order chi connectivity index (χ0) is 15.1. The van der Waals surface area contributed by atoms with Crippen molar-refractivity contribution >= 4 is 34.2 Å². The van der Waals surface area contributed by atoms with E-state index in [9.17, 15) is 4.79 Å². The average Bonchev–Trinajstić information content (AvgIpc) is 2.48. The van der Waals surface area contributed by atoms with Gasteiger partial charge in [0.05, 0.1) is 6.61 Å². The molecule has 0 atom stereocenters. The summed E-state index contributed by atoms with van der Waals surface area (Å²) in [6.45, 7) is 2.83. The molecular weight excluding hydrogens is 377 g/mol. The third-order valence-electron chi connectivity index (χ3n) is 2.95. The van der Waals surface area contributed by atoms with E-state index in [4.69, 9.17) is 4.74 Å². The molecule has 0 heterocycles. The molecule has 110 valence electrons. The van der Waals surface area contributed by atoms with Crippen molar-refractivity contribution in [1.29, 1.82) is 0 Å². The molecule has 2 aromatic carbocycles. The number of halogens is 1. The van der Waals surface area contributed by atoms with E-state index in [-0.39, 0.29) is 5.91 Å². The van der Waals surface area contributed by atoms with Gasteiger partial charge in [-0.05, 0) is 59.3 Å². The maximum absolute atomic E-state index is 12.2. The predicted molar refractivity (Wildman–Crippen MR) is 94.0 cm³/mol. The van der Waals surface area contributed by atoms with Crippen molar-refractivity contribution in [2.75, 3.05) is 11.9 Å². The molecular formula is C17H18INO2. The molecule has 0 spiro atoms. The fraction of sp³-hybridized carbons (Fsp3) is 0.235. The minimum absolute atomic E-state index is 0.112. The molecule has 21 heavy (non-hydrogen) atoms. The fourth-order valence-electron chi connectivity index (χ4n) is 1.83. The topological polar surface area (TPSA) is 38.3 Å². The lowest BCUT2D eigenvalue weighted by atomic mass is 10.2. The van der Waals surface area contributed by atoms with Crippen LogP contribution in [0.5, 0.6) is 5.75 Å². The summed E-state index contributed by atoms with van der Waals surface area (Å²) in [5, 5.41) is 2.89. The number of rotatable bonds is 6. The zero-order valence-corrected chi connectivity index (χ0v) is 14.1. The number of anilines is 1. The number of amides is 1. The summed E-state index contributed by atoms with van der Waals surface area (Å²) in [6.07, 6.45) is 2.13. The number of ether oxygens (including phenoxy) is 1. The van der Waals surface area contributed by atoms with Crippen LogP contribution in [-0.4, -0.2) is 12.5 Å². The van der Waals surface area contributed by atoms with E-state index in [1.807, 2.05) is 42.5 Å². The minimum atomic E-state index is -0.112. The van der Waals surface area contributed by atoms with Crippen LogP contribution in [-0.2, 0) is 0 Å². The van der Waals surface area contributed by atoms with Crippen LogP contribution in [0.4, 0.5) is 5.69 Å². The van der Waals surface area contributed by atoms with Gasteiger partial charge in [0.25, 0.3) is 5.91 Å². The summed E-state index contributed by atoms with van der Waals surface area (Å²) in [6, 6.07) is 15.0. The lowest BCUT2D eigenvalue weighted by Gasteiger charge is -2.09. The largest absolute Gasteiger partial charge is 0.494 e. The van der Waals surface area contributed by atoms with Crippen molar-refractivity contribution in [1.82, 2.24) is 0 Å².